The number of hydrogen-bond acceptors (Lipinski definition) is 3. The second-order valence-corrected chi connectivity index (χ2v) is 6.49. The van der Waals surface area contributed by atoms with E-state index in [0.717, 1.165) is 12.0 Å². The van der Waals surface area contributed by atoms with Gasteiger partial charge in [0.15, 0.2) is 0 Å². The molecule has 7 heteroatoms. The lowest BCUT2D eigenvalue weighted by Crippen LogP contribution is -2.20. The zero-order valence-corrected chi connectivity index (χ0v) is 12.4. The van der Waals surface area contributed by atoms with E-state index in [2.05, 4.69) is 0 Å². The van der Waals surface area contributed by atoms with Crippen LogP contribution in [0.5, 0.6) is 11.5 Å². The van der Waals surface area contributed by atoms with Gasteiger partial charge in [-0.3, -0.25) is 0 Å². The summed E-state index contributed by atoms with van der Waals surface area (Å²) in [6.07, 6.45) is 2.86. The Morgan fingerprint density at radius 2 is 1.57 bits per heavy atom. The molecular formula is C14H18F3NO2S. The molecule has 0 bridgehead atoms. The molecule has 1 aromatic carbocycles. The normalized spacial score (nSPS) is 18.3. The van der Waals surface area contributed by atoms with Crippen LogP contribution in [0.4, 0.5) is 11.7 Å². The predicted octanol–water partition coefficient (Wildman–Crippen LogP) is 3.65. The van der Waals surface area contributed by atoms with Crippen molar-refractivity contribution in [2.45, 2.75) is 37.0 Å². The zero-order chi connectivity index (χ0) is 15.0. The molecule has 3 rings (SSSR count). The Balaban J connectivity index is 2.29. The van der Waals surface area contributed by atoms with Crippen molar-refractivity contribution in [1.29, 1.82) is 0 Å². The Hall–Kier alpha value is -1.08. The van der Waals surface area contributed by atoms with Crippen LogP contribution in [0.3, 0.4) is 0 Å². The molecule has 2 aliphatic rings. The number of benzene rings is 1. The van der Waals surface area contributed by atoms with Crippen LogP contribution in [0.2, 0.25) is 0 Å². The standard InChI is InChI=1S/C14H18F3NO2S/c15-21(16,17)14-11-4-2-7-19-12(11)10(5-6-18)9-3-1-8-20-13(9)14/h1-8,18H2. The Kier molecular flexibility index (Phi) is 3.96. The molecule has 0 fully saturated rings. The molecule has 0 unspecified atom stereocenters. The lowest BCUT2D eigenvalue weighted by molar-refractivity contribution is 0.260. The van der Waals surface area contributed by atoms with E-state index in [-0.39, 0.29) is 11.3 Å². The first-order chi connectivity index (χ1) is 10.0. The van der Waals surface area contributed by atoms with Gasteiger partial charge in [-0.25, -0.2) is 0 Å². The quantitative estimate of drug-likeness (QED) is 0.924. The summed E-state index contributed by atoms with van der Waals surface area (Å²) in [7, 11) is 0. The van der Waals surface area contributed by atoms with E-state index in [9.17, 15) is 11.7 Å². The molecule has 118 valence electrons. The number of ether oxygens (including phenoxy) is 2. The highest BCUT2D eigenvalue weighted by molar-refractivity contribution is 8.21. The Labute approximate surface area is 123 Å². The molecule has 0 aliphatic carbocycles. The van der Waals surface area contributed by atoms with Gasteiger partial charge in [0.1, 0.15) is 16.4 Å². The maximum absolute atomic E-state index is 13.6. The van der Waals surface area contributed by atoms with Crippen molar-refractivity contribution in [1.82, 2.24) is 0 Å². The second kappa shape index (κ2) is 5.61. The molecule has 0 amide bonds. The monoisotopic (exact) mass is 321 g/mol. The summed E-state index contributed by atoms with van der Waals surface area (Å²) in [6.45, 7) is 1.20. The zero-order valence-electron chi connectivity index (χ0n) is 11.6. The summed E-state index contributed by atoms with van der Waals surface area (Å²) >= 11 is -5.35. The average molecular weight is 321 g/mol. The molecule has 0 radical (unpaired) electrons. The summed E-state index contributed by atoms with van der Waals surface area (Å²) in [4.78, 5) is -0.548. The van der Waals surface area contributed by atoms with Crippen LogP contribution in [-0.2, 0) is 19.3 Å². The predicted molar refractivity (Wildman–Crippen MR) is 76.0 cm³/mol. The minimum absolute atomic E-state index is 0.0523. The third-order valence-corrected chi connectivity index (χ3v) is 4.82. The fourth-order valence-electron chi connectivity index (χ4n) is 3.15. The first-order valence-electron chi connectivity index (χ1n) is 7.12. The van der Waals surface area contributed by atoms with Crippen LogP contribution in [-0.4, -0.2) is 19.8 Å². The van der Waals surface area contributed by atoms with Crippen LogP contribution < -0.4 is 15.2 Å². The summed E-state index contributed by atoms with van der Waals surface area (Å²) in [5.74, 6) is 0.479. The Morgan fingerprint density at radius 3 is 2.19 bits per heavy atom. The highest BCUT2D eigenvalue weighted by Gasteiger charge is 2.39. The van der Waals surface area contributed by atoms with Gasteiger partial charge in [0.05, 0.1) is 13.2 Å². The number of fused-ring (bicyclic) bond motifs is 2. The minimum Gasteiger partial charge on any atom is -0.493 e. The van der Waals surface area contributed by atoms with Crippen molar-refractivity contribution >= 4 is 11.2 Å². The van der Waals surface area contributed by atoms with Crippen LogP contribution in [0.15, 0.2) is 4.90 Å². The van der Waals surface area contributed by atoms with Gasteiger partial charge in [-0.15, -0.1) is 11.7 Å². The van der Waals surface area contributed by atoms with E-state index in [0.29, 0.717) is 56.8 Å². The van der Waals surface area contributed by atoms with Gasteiger partial charge >= 0.3 is 0 Å². The first kappa shape index (κ1) is 14.8. The van der Waals surface area contributed by atoms with Gasteiger partial charge in [-0.2, -0.15) is 0 Å². The van der Waals surface area contributed by atoms with Crippen molar-refractivity contribution in [3.63, 3.8) is 0 Å². The van der Waals surface area contributed by atoms with Crippen LogP contribution in [0.1, 0.15) is 29.5 Å². The molecular weight excluding hydrogens is 303 g/mol. The molecule has 2 N–H and O–H groups in total. The fourth-order valence-corrected chi connectivity index (χ4v) is 4.02. The van der Waals surface area contributed by atoms with E-state index in [4.69, 9.17) is 15.2 Å². The largest absolute Gasteiger partial charge is 0.493 e. The van der Waals surface area contributed by atoms with E-state index in [1.807, 2.05) is 0 Å². The minimum atomic E-state index is -5.35. The van der Waals surface area contributed by atoms with E-state index in [1.165, 1.54) is 0 Å². The Morgan fingerprint density at radius 1 is 0.952 bits per heavy atom. The van der Waals surface area contributed by atoms with Gasteiger partial charge in [-0.1, -0.05) is 0 Å². The van der Waals surface area contributed by atoms with Crippen molar-refractivity contribution in [2.75, 3.05) is 19.8 Å². The van der Waals surface area contributed by atoms with Crippen molar-refractivity contribution in [3.8, 4) is 11.5 Å². The average Bonchev–Trinajstić information content (AvgIpc) is 2.46. The number of halogens is 3. The van der Waals surface area contributed by atoms with Gasteiger partial charge in [-0.05, 0) is 38.6 Å². The lowest BCUT2D eigenvalue weighted by Gasteiger charge is -2.31. The van der Waals surface area contributed by atoms with Crippen molar-refractivity contribution < 1.29 is 21.1 Å². The van der Waals surface area contributed by atoms with Crippen LogP contribution >= 0.6 is 11.2 Å². The van der Waals surface area contributed by atoms with Crippen LogP contribution in [0, 0.1) is 0 Å². The second-order valence-electron chi connectivity index (χ2n) is 5.27. The summed E-state index contributed by atoms with van der Waals surface area (Å²) in [5, 5.41) is 0. The molecule has 0 saturated carbocycles. The van der Waals surface area contributed by atoms with E-state index < -0.39 is 16.1 Å². The molecule has 0 saturated heterocycles. The van der Waals surface area contributed by atoms with Gasteiger partial charge in [0.2, 0.25) is 11.2 Å². The fraction of sp³-hybridized carbons (Fsp3) is 0.571. The molecule has 0 atom stereocenters. The maximum atomic E-state index is 13.6. The highest BCUT2D eigenvalue weighted by atomic mass is 32.3. The van der Waals surface area contributed by atoms with E-state index >= 15 is 0 Å². The lowest BCUT2D eigenvalue weighted by atomic mass is 9.91. The van der Waals surface area contributed by atoms with Gasteiger partial charge in [0, 0.05) is 16.7 Å². The number of hydrogen-bond donors (Lipinski definition) is 1. The first-order valence-corrected chi connectivity index (χ1v) is 8.46. The number of rotatable bonds is 3. The molecule has 0 aromatic heterocycles. The smallest absolute Gasteiger partial charge is 0.241 e. The molecule has 2 aliphatic heterocycles. The molecule has 2 heterocycles. The van der Waals surface area contributed by atoms with Gasteiger partial charge in [0.25, 0.3) is 0 Å². The summed E-state index contributed by atoms with van der Waals surface area (Å²) < 4.78 is 51.9. The molecule has 0 spiro atoms. The number of nitrogens with two attached hydrogens (primary N) is 1. The topological polar surface area (TPSA) is 44.5 Å². The van der Waals surface area contributed by atoms with Crippen LogP contribution in [0.25, 0.3) is 0 Å². The summed E-state index contributed by atoms with van der Waals surface area (Å²) in [5.41, 5.74) is 7.41. The third-order valence-electron chi connectivity index (χ3n) is 3.93. The molecule has 21 heavy (non-hydrogen) atoms. The third kappa shape index (κ3) is 2.57. The highest BCUT2D eigenvalue weighted by Crippen LogP contribution is 2.67. The van der Waals surface area contributed by atoms with Gasteiger partial charge < -0.3 is 15.2 Å². The van der Waals surface area contributed by atoms with E-state index in [1.54, 1.807) is 0 Å². The SMILES string of the molecule is NCCc1c2c(c(S(F)(F)F)c3c1OCCC3)OCCC2. The molecule has 1 aromatic rings. The maximum Gasteiger partial charge on any atom is 0.241 e. The summed E-state index contributed by atoms with van der Waals surface area (Å²) in [6, 6.07) is 0. The molecule has 3 nitrogen and oxygen atoms in total. The van der Waals surface area contributed by atoms with Crippen molar-refractivity contribution in [3.05, 3.63) is 16.7 Å². The Bertz CT molecular complexity index is 523. The van der Waals surface area contributed by atoms with Crippen molar-refractivity contribution in [2.24, 2.45) is 5.73 Å².